The molecule has 0 aliphatic heterocycles. The Morgan fingerprint density at radius 3 is 2.16 bits per heavy atom. The zero-order valence-electron chi connectivity index (χ0n) is 11.1. The Morgan fingerprint density at radius 1 is 0.895 bits per heavy atom. The molecular weight excluding hydrogens is 310 g/mol. The molecule has 0 bridgehead atoms. The first-order chi connectivity index (χ1) is 8.91. The van der Waals surface area contributed by atoms with Crippen molar-refractivity contribution >= 4 is 15.9 Å². The molecule has 0 radical (unpaired) electrons. The fourth-order valence-electron chi connectivity index (χ4n) is 2.00. The van der Waals surface area contributed by atoms with Gasteiger partial charge in [0.1, 0.15) is 11.6 Å². The van der Waals surface area contributed by atoms with Gasteiger partial charge in [0.25, 0.3) is 0 Å². The van der Waals surface area contributed by atoms with E-state index in [1.165, 1.54) is 12.1 Å². The molecule has 0 aromatic heterocycles. The van der Waals surface area contributed by atoms with Gasteiger partial charge in [-0.2, -0.15) is 0 Å². The van der Waals surface area contributed by atoms with Gasteiger partial charge in [-0.3, -0.25) is 0 Å². The highest BCUT2D eigenvalue weighted by Gasteiger charge is 2.21. The van der Waals surface area contributed by atoms with Crippen molar-refractivity contribution in [3.8, 4) is 0 Å². The van der Waals surface area contributed by atoms with Gasteiger partial charge < -0.3 is 0 Å². The summed E-state index contributed by atoms with van der Waals surface area (Å²) in [7, 11) is 0. The molecule has 0 fully saturated rings. The first kappa shape index (κ1) is 14.2. The highest BCUT2D eigenvalue weighted by atomic mass is 79.9. The van der Waals surface area contributed by atoms with E-state index < -0.39 is 16.5 Å². The lowest BCUT2D eigenvalue weighted by Gasteiger charge is -2.15. The summed E-state index contributed by atoms with van der Waals surface area (Å²) in [6, 6.07) is 8.57. The molecule has 19 heavy (non-hydrogen) atoms. The van der Waals surface area contributed by atoms with E-state index in [0.29, 0.717) is 5.56 Å². The van der Waals surface area contributed by atoms with E-state index in [4.69, 9.17) is 0 Å². The highest BCUT2D eigenvalue weighted by Crippen LogP contribution is 2.35. The maximum Gasteiger partial charge on any atom is 0.133 e. The lowest BCUT2D eigenvalue weighted by molar-refractivity contribution is 0.555. The van der Waals surface area contributed by atoms with Crippen molar-refractivity contribution in [2.45, 2.75) is 25.6 Å². The van der Waals surface area contributed by atoms with E-state index in [1.54, 1.807) is 6.92 Å². The van der Waals surface area contributed by atoms with Crippen molar-refractivity contribution in [1.29, 1.82) is 0 Å². The molecule has 0 N–H and O–H groups in total. The van der Waals surface area contributed by atoms with Gasteiger partial charge in [0.2, 0.25) is 0 Å². The standard InChI is InChI=1S/C16H15BrF2/c1-9-4-6-12(8-11(9)3)15(17)14-13(18)7-5-10(2)16(14)19/h4-8,15H,1-3H3. The summed E-state index contributed by atoms with van der Waals surface area (Å²) in [5, 5.41) is 0. The zero-order valence-corrected chi connectivity index (χ0v) is 12.7. The van der Waals surface area contributed by atoms with Crippen molar-refractivity contribution in [2.24, 2.45) is 0 Å². The summed E-state index contributed by atoms with van der Waals surface area (Å²) < 4.78 is 28.0. The lowest BCUT2D eigenvalue weighted by atomic mass is 9.98. The SMILES string of the molecule is Cc1ccc(C(Br)c2c(F)ccc(C)c2F)cc1C. The molecule has 0 amide bonds. The van der Waals surface area contributed by atoms with Crippen LogP contribution in [0.2, 0.25) is 0 Å². The second kappa shape index (κ2) is 5.41. The Morgan fingerprint density at radius 2 is 1.53 bits per heavy atom. The largest absolute Gasteiger partial charge is 0.207 e. The van der Waals surface area contributed by atoms with Gasteiger partial charge in [-0.15, -0.1) is 0 Å². The average molecular weight is 325 g/mol. The Bertz CT molecular complexity index is 620. The van der Waals surface area contributed by atoms with Crippen LogP contribution >= 0.6 is 15.9 Å². The third-order valence-corrected chi connectivity index (χ3v) is 4.38. The van der Waals surface area contributed by atoms with Crippen molar-refractivity contribution in [2.75, 3.05) is 0 Å². The Labute approximate surface area is 120 Å². The first-order valence-corrected chi connectivity index (χ1v) is 6.99. The summed E-state index contributed by atoms with van der Waals surface area (Å²) >= 11 is 3.41. The predicted octanol–water partition coefficient (Wildman–Crippen LogP) is 5.37. The minimum absolute atomic E-state index is 0.0725. The molecule has 1 atom stereocenters. The number of hydrogen-bond donors (Lipinski definition) is 0. The number of rotatable bonds is 2. The number of hydrogen-bond acceptors (Lipinski definition) is 0. The molecule has 0 aliphatic carbocycles. The van der Waals surface area contributed by atoms with Gasteiger partial charge in [0.05, 0.1) is 4.83 Å². The minimum Gasteiger partial charge on any atom is -0.207 e. The van der Waals surface area contributed by atoms with Crippen LogP contribution in [0, 0.1) is 32.4 Å². The molecule has 0 saturated carbocycles. The summed E-state index contributed by atoms with van der Waals surface area (Å²) in [4.78, 5) is -0.480. The Kier molecular flexibility index (Phi) is 4.04. The molecule has 2 aromatic rings. The molecule has 2 aromatic carbocycles. The van der Waals surface area contributed by atoms with Crippen LogP contribution in [0.5, 0.6) is 0 Å². The molecule has 2 rings (SSSR count). The first-order valence-electron chi connectivity index (χ1n) is 6.07. The van der Waals surface area contributed by atoms with E-state index in [9.17, 15) is 8.78 Å². The zero-order chi connectivity index (χ0) is 14.2. The van der Waals surface area contributed by atoms with E-state index in [1.807, 2.05) is 32.0 Å². The van der Waals surface area contributed by atoms with E-state index in [-0.39, 0.29) is 5.56 Å². The maximum absolute atomic E-state index is 14.1. The van der Waals surface area contributed by atoms with Gasteiger partial charge >= 0.3 is 0 Å². The second-order valence-corrected chi connectivity index (χ2v) is 5.71. The van der Waals surface area contributed by atoms with E-state index >= 15 is 0 Å². The molecule has 0 nitrogen and oxygen atoms in total. The smallest absolute Gasteiger partial charge is 0.133 e. The van der Waals surface area contributed by atoms with E-state index in [0.717, 1.165) is 16.7 Å². The quantitative estimate of drug-likeness (QED) is 0.651. The molecule has 0 spiro atoms. The molecule has 0 heterocycles. The van der Waals surface area contributed by atoms with Gasteiger partial charge in [0, 0.05) is 5.56 Å². The lowest BCUT2D eigenvalue weighted by Crippen LogP contribution is -2.03. The van der Waals surface area contributed by atoms with Gasteiger partial charge in [-0.1, -0.05) is 40.2 Å². The average Bonchev–Trinajstić information content (AvgIpc) is 2.37. The van der Waals surface area contributed by atoms with Crippen molar-refractivity contribution in [3.63, 3.8) is 0 Å². The van der Waals surface area contributed by atoms with Crippen molar-refractivity contribution in [1.82, 2.24) is 0 Å². The van der Waals surface area contributed by atoms with E-state index in [2.05, 4.69) is 15.9 Å². The van der Waals surface area contributed by atoms with Crippen molar-refractivity contribution in [3.05, 3.63) is 69.8 Å². The fraction of sp³-hybridized carbons (Fsp3) is 0.250. The van der Waals surface area contributed by atoms with Crippen LogP contribution in [-0.4, -0.2) is 0 Å². The molecule has 3 heteroatoms. The van der Waals surface area contributed by atoms with Crippen LogP contribution < -0.4 is 0 Å². The maximum atomic E-state index is 14.1. The molecule has 0 aliphatic rings. The third-order valence-electron chi connectivity index (χ3n) is 3.40. The van der Waals surface area contributed by atoms with Gasteiger partial charge in [-0.25, -0.2) is 8.78 Å². The number of benzene rings is 2. The molecule has 1 unspecified atom stereocenters. The summed E-state index contributed by atoms with van der Waals surface area (Å²) in [6.45, 7) is 5.63. The summed E-state index contributed by atoms with van der Waals surface area (Å²) in [6.07, 6.45) is 0. The van der Waals surface area contributed by atoms with Crippen LogP contribution in [0.1, 0.15) is 32.6 Å². The third kappa shape index (κ3) is 2.71. The predicted molar refractivity (Wildman–Crippen MR) is 77.8 cm³/mol. The van der Waals surface area contributed by atoms with Crippen molar-refractivity contribution < 1.29 is 8.78 Å². The summed E-state index contributed by atoms with van der Waals surface area (Å²) in [5.74, 6) is -1.01. The topological polar surface area (TPSA) is 0 Å². The number of aryl methyl sites for hydroxylation is 3. The van der Waals surface area contributed by atoms with Crippen LogP contribution in [0.15, 0.2) is 30.3 Å². The van der Waals surface area contributed by atoms with Gasteiger partial charge in [0.15, 0.2) is 0 Å². The number of halogens is 3. The van der Waals surface area contributed by atoms with Crippen LogP contribution in [0.25, 0.3) is 0 Å². The molecular formula is C16H15BrF2. The second-order valence-electron chi connectivity index (χ2n) is 4.80. The van der Waals surface area contributed by atoms with Crippen LogP contribution in [0.3, 0.4) is 0 Å². The fourth-order valence-corrected chi connectivity index (χ4v) is 2.70. The van der Waals surface area contributed by atoms with Crippen LogP contribution in [0.4, 0.5) is 8.78 Å². The number of alkyl halides is 1. The Hall–Kier alpha value is -1.22. The minimum atomic E-state index is -0.525. The van der Waals surface area contributed by atoms with Gasteiger partial charge in [-0.05, 0) is 49.1 Å². The Balaban J connectivity index is 2.52. The normalized spacial score (nSPS) is 12.5. The highest BCUT2D eigenvalue weighted by molar-refractivity contribution is 9.09. The molecule has 100 valence electrons. The molecule has 0 saturated heterocycles. The van der Waals surface area contributed by atoms with Crippen LogP contribution in [-0.2, 0) is 0 Å². The monoisotopic (exact) mass is 324 g/mol. The summed E-state index contributed by atoms with van der Waals surface area (Å²) in [5.41, 5.74) is 3.64.